The molecule has 2 aromatic carbocycles. The van der Waals surface area contributed by atoms with Crippen LogP contribution in [-0.2, 0) is 0 Å². The molecule has 34 heavy (non-hydrogen) atoms. The van der Waals surface area contributed by atoms with Gasteiger partial charge in [-0.15, -0.1) is 0 Å². The third-order valence-electron chi connectivity index (χ3n) is 6.84. The van der Waals surface area contributed by atoms with E-state index in [1.165, 1.54) is 0 Å². The summed E-state index contributed by atoms with van der Waals surface area (Å²) in [6, 6.07) is 12.7. The molecule has 0 atom stereocenters. The molecule has 0 aromatic heterocycles. The summed E-state index contributed by atoms with van der Waals surface area (Å²) in [4.78, 5) is 23.2. The second-order valence-corrected chi connectivity index (χ2v) is 8.49. The first-order chi connectivity index (χ1) is 16.4. The second kappa shape index (κ2) is 13.3. The molecule has 0 radical (unpaired) electrons. The predicted molar refractivity (Wildman–Crippen MR) is 151 cm³/mol. The number of hydrogen-bond donors (Lipinski definition) is 0. The number of hydrogen-bond acceptors (Lipinski definition) is 5. The Labute approximate surface area is 208 Å². The van der Waals surface area contributed by atoms with Gasteiger partial charge in [0.25, 0.3) is 0 Å². The van der Waals surface area contributed by atoms with Gasteiger partial charge in [0, 0.05) is 86.2 Å². The Morgan fingerprint density at radius 1 is 0.441 bits per heavy atom. The molecule has 0 aliphatic carbocycles. The van der Waals surface area contributed by atoms with Crippen LogP contribution >= 0.6 is 0 Å². The topological polar surface area (TPSA) is 30.0 Å². The highest BCUT2D eigenvalue weighted by molar-refractivity contribution is 6.11. The minimum atomic E-state index is 0.0878. The number of carbonyl (C=O) groups excluding carboxylic acids is 1. The van der Waals surface area contributed by atoms with Crippen LogP contribution < -0.4 is 19.6 Å². The molecule has 0 N–H and O–H groups in total. The van der Waals surface area contributed by atoms with E-state index < -0.39 is 0 Å². The summed E-state index contributed by atoms with van der Waals surface area (Å²) < 4.78 is 0. The van der Waals surface area contributed by atoms with Crippen LogP contribution in [0.1, 0.15) is 71.3 Å². The Kier molecular flexibility index (Phi) is 10.7. The van der Waals surface area contributed by atoms with E-state index >= 15 is 0 Å². The minimum absolute atomic E-state index is 0.0878. The average Bonchev–Trinajstić information content (AvgIpc) is 2.86. The number of nitrogens with zero attached hydrogens (tertiary/aromatic N) is 4. The Hall–Kier alpha value is -2.69. The molecule has 0 saturated heterocycles. The van der Waals surface area contributed by atoms with Gasteiger partial charge in [-0.05, 0) is 91.8 Å². The number of carbonyl (C=O) groups is 1. The highest BCUT2D eigenvalue weighted by Crippen LogP contribution is 2.30. The Balaban J connectivity index is 2.68. The lowest BCUT2D eigenvalue weighted by Crippen LogP contribution is -2.26. The van der Waals surface area contributed by atoms with E-state index in [9.17, 15) is 4.79 Å². The summed E-state index contributed by atoms with van der Waals surface area (Å²) in [5.41, 5.74) is 5.97. The molecule has 188 valence electrons. The molecular formula is C29H46N4O. The van der Waals surface area contributed by atoms with Crippen molar-refractivity contribution < 1.29 is 4.79 Å². The van der Waals surface area contributed by atoms with Crippen molar-refractivity contribution >= 4 is 28.5 Å². The van der Waals surface area contributed by atoms with Gasteiger partial charge in [-0.25, -0.2) is 0 Å². The largest absolute Gasteiger partial charge is 0.372 e. The minimum Gasteiger partial charge on any atom is -0.372 e. The van der Waals surface area contributed by atoms with Gasteiger partial charge in [0.05, 0.1) is 0 Å². The van der Waals surface area contributed by atoms with Crippen molar-refractivity contribution in [3.05, 3.63) is 47.5 Å². The van der Waals surface area contributed by atoms with E-state index in [-0.39, 0.29) is 5.78 Å². The first kappa shape index (κ1) is 27.6. The molecule has 0 heterocycles. The van der Waals surface area contributed by atoms with Crippen molar-refractivity contribution in [1.29, 1.82) is 0 Å². The summed E-state index contributed by atoms with van der Waals surface area (Å²) in [7, 11) is 0. The lowest BCUT2D eigenvalue weighted by atomic mass is 9.99. The SMILES string of the molecule is CCN(CC)c1cc(C(=O)c2cc(N(CC)CC)cc(N(CC)CC)c2)cc(N(CC)CC)c1. The van der Waals surface area contributed by atoms with E-state index in [4.69, 9.17) is 0 Å². The molecule has 5 heteroatoms. The highest BCUT2D eigenvalue weighted by atomic mass is 16.1. The van der Waals surface area contributed by atoms with Gasteiger partial charge in [0.15, 0.2) is 5.78 Å². The van der Waals surface area contributed by atoms with Crippen LogP contribution in [0.2, 0.25) is 0 Å². The fourth-order valence-electron chi connectivity index (χ4n) is 4.70. The van der Waals surface area contributed by atoms with Crippen LogP contribution in [0, 0.1) is 0 Å². The van der Waals surface area contributed by atoms with Crippen molar-refractivity contribution in [2.45, 2.75) is 55.4 Å². The van der Waals surface area contributed by atoms with Gasteiger partial charge in [-0.2, -0.15) is 0 Å². The number of rotatable bonds is 14. The maximum atomic E-state index is 14.0. The van der Waals surface area contributed by atoms with Gasteiger partial charge >= 0.3 is 0 Å². The lowest BCUT2D eigenvalue weighted by Gasteiger charge is -2.28. The fraction of sp³-hybridized carbons (Fsp3) is 0.552. The van der Waals surface area contributed by atoms with Gasteiger partial charge in [-0.3, -0.25) is 4.79 Å². The summed E-state index contributed by atoms with van der Waals surface area (Å²) in [6.07, 6.45) is 0. The summed E-state index contributed by atoms with van der Waals surface area (Å²) >= 11 is 0. The number of benzene rings is 2. The summed E-state index contributed by atoms with van der Waals surface area (Å²) in [5.74, 6) is 0.0878. The van der Waals surface area contributed by atoms with Crippen molar-refractivity contribution in [2.24, 2.45) is 0 Å². The van der Waals surface area contributed by atoms with E-state index in [1.54, 1.807) is 0 Å². The third kappa shape index (κ3) is 6.25. The molecule has 2 rings (SSSR count). The molecule has 0 aliphatic rings. The molecule has 0 amide bonds. The van der Waals surface area contributed by atoms with Crippen molar-refractivity contribution in [1.82, 2.24) is 0 Å². The van der Waals surface area contributed by atoms with Crippen molar-refractivity contribution in [3.63, 3.8) is 0 Å². The normalized spacial score (nSPS) is 10.8. The van der Waals surface area contributed by atoms with Crippen LogP contribution in [0.5, 0.6) is 0 Å². The first-order valence-corrected chi connectivity index (χ1v) is 13.2. The maximum Gasteiger partial charge on any atom is 0.193 e. The molecule has 5 nitrogen and oxygen atoms in total. The number of anilines is 4. The van der Waals surface area contributed by atoms with Crippen LogP contribution in [0.3, 0.4) is 0 Å². The van der Waals surface area contributed by atoms with Gasteiger partial charge in [-0.1, -0.05) is 0 Å². The lowest BCUT2D eigenvalue weighted by molar-refractivity contribution is 0.103. The average molecular weight is 467 g/mol. The van der Waals surface area contributed by atoms with Crippen LogP contribution in [0.25, 0.3) is 0 Å². The molecule has 2 aromatic rings. The molecule has 0 spiro atoms. The summed E-state index contributed by atoms with van der Waals surface area (Å²) in [5, 5.41) is 0. The maximum absolute atomic E-state index is 14.0. The molecule has 0 fully saturated rings. The zero-order valence-electron chi connectivity index (χ0n) is 22.8. The highest BCUT2D eigenvalue weighted by Gasteiger charge is 2.18. The summed E-state index contributed by atoms with van der Waals surface area (Å²) in [6.45, 7) is 24.6. The molecule has 0 bridgehead atoms. The smallest absolute Gasteiger partial charge is 0.193 e. The molecule has 0 aliphatic heterocycles. The quantitative estimate of drug-likeness (QED) is 0.305. The predicted octanol–water partition coefficient (Wildman–Crippen LogP) is 6.30. The fourth-order valence-corrected chi connectivity index (χ4v) is 4.70. The zero-order chi connectivity index (χ0) is 25.3. The van der Waals surface area contributed by atoms with E-state index in [0.29, 0.717) is 0 Å². The van der Waals surface area contributed by atoms with Gasteiger partial charge < -0.3 is 19.6 Å². The number of ketones is 1. The van der Waals surface area contributed by atoms with Gasteiger partial charge in [0.1, 0.15) is 0 Å². The third-order valence-corrected chi connectivity index (χ3v) is 6.84. The van der Waals surface area contributed by atoms with Crippen molar-refractivity contribution in [2.75, 3.05) is 72.0 Å². The van der Waals surface area contributed by atoms with Gasteiger partial charge in [0.2, 0.25) is 0 Å². The van der Waals surface area contributed by atoms with Crippen LogP contribution in [0.4, 0.5) is 22.7 Å². The zero-order valence-corrected chi connectivity index (χ0v) is 22.8. The van der Waals surface area contributed by atoms with E-state index in [0.717, 1.165) is 86.2 Å². The second-order valence-electron chi connectivity index (χ2n) is 8.49. The van der Waals surface area contributed by atoms with Crippen LogP contribution in [-0.4, -0.2) is 58.1 Å². The Morgan fingerprint density at radius 3 is 0.824 bits per heavy atom. The monoisotopic (exact) mass is 466 g/mol. The van der Waals surface area contributed by atoms with Crippen LogP contribution in [0.15, 0.2) is 36.4 Å². The molecular weight excluding hydrogens is 420 g/mol. The van der Waals surface area contributed by atoms with E-state index in [2.05, 4.69) is 111 Å². The first-order valence-electron chi connectivity index (χ1n) is 13.2. The Morgan fingerprint density at radius 2 is 0.647 bits per heavy atom. The molecule has 0 unspecified atom stereocenters. The van der Waals surface area contributed by atoms with E-state index in [1.807, 2.05) is 0 Å². The van der Waals surface area contributed by atoms with Crippen molar-refractivity contribution in [3.8, 4) is 0 Å². The Bertz CT molecular complexity index is 776. The molecule has 0 saturated carbocycles. The standard InChI is InChI=1S/C29H46N4O/c1-9-30(10-2)25-17-23(18-26(21-25)31(11-3)12-4)29(34)24-19-27(32(13-5)14-6)22-28(20-24)33(15-7)16-8/h17-22H,9-16H2,1-8H3.